The third-order valence-electron chi connectivity index (χ3n) is 6.66. The molecule has 0 saturated heterocycles. The van der Waals surface area contributed by atoms with E-state index < -0.39 is 0 Å². The zero-order valence-electron chi connectivity index (χ0n) is 26.5. The van der Waals surface area contributed by atoms with E-state index in [0.717, 1.165) is 28.5 Å². The second kappa shape index (κ2) is 18.4. The first-order valence-corrected chi connectivity index (χ1v) is 17.5. The van der Waals surface area contributed by atoms with E-state index in [1.54, 1.807) is 12.4 Å². The molecule has 10 nitrogen and oxygen atoms in total. The highest BCUT2D eigenvalue weighted by Gasteiger charge is 2.08. The van der Waals surface area contributed by atoms with Gasteiger partial charge in [-0.15, -0.1) is 0 Å². The molecule has 0 fully saturated rings. The minimum atomic E-state index is -0.281. The lowest BCUT2D eigenvalue weighted by atomic mass is 10.2. The molecular weight excluding hydrogens is 666 g/mol. The topological polar surface area (TPSA) is 128 Å². The van der Waals surface area contributed by atoms with Gasteiger partial charge >= 0.3 is 0 Å². The van der Waals surface area contributed by atoms with Crippen molar-refractivity contribution in [3.05, 3.63) is 168 Å². The van der Waals surface area contributed by atoms with E-state index in [4.69, 9.17) is 11.6 Å². The van der Waals surface area contributed by atoms with Crippen molar-refractivity contribution in [2.75, 3.05) is 17.8 Å². The molecule has 0 radical (unpaired) electrons. The average Bonchev–Trinajstić information content (AvgIpc) is 3.10. The van der Waals surface area contributed by atoms with Crippen LogP contribution < -0.4 is 22.0 Å². The summed E-state index contributed by atoms with van der Waals surface area (Å²) in [6.45, 7) is 3.29. The van der Waals surface area contributed by atoms with Crippen LogP contribution in [0.3, 0.4) is 0 Å². The fourth-order valence-electron chi connectivity index (χ4n) is 4.23. The molecule has 13 heteroatoms. The molecule has 3 aromatic heterocycles. The molecule has 6 rings (SSSR count). The van der Waals surface area contributed by atoms with Gasteiger partial charge in [0.25, 0.3) is 16.7 Å². The van der Waals surface area contributed by atoms with Gasteiger partial charge in [-0.2, -0.15) is 9.97 Å². The van der Waals surface area contributed by atoms with Crippen molar-refractivity contribution in [1.29, 1.82) is 0 Å². The van der Waals surface area contributed by atoms with Crippen LogP contribution in [0.4, 0.5) is 11.6 Å². The molecule has 3 heterocycles. The van der Waals surface area contributed by atoms with Gasteiger partial charge in [0.1, 0.15) is 0 Å². The summed E-state index contributed by atoms with van der Waals surface area (Å²) in [6, 6.07) is 30.1. The summed E-state index contributed by atoms with van der Waals surface area (Å²) in [4.78, 5) is 47.8. The van der Waals surface area contributed by atoms with Crippen LogP contribution in [-0.2, 0) is 13.1 Å². The molecule has 48 heavy (non-hydrogen) atoms. The van der Waals surface area contributed by atoms with Crippen LogP contribution in [0, 0.1) is 6.92 Å². The molecule has 0 atom stereocenters. The van der Waals surface area contributed by atoms with Crippen molar-refractivity contribution in [1.82, 2.24) is 29.1 Å². The number of nitrogens with zero attached hydrogens (tertiary/aromatic N) is 5. The molecule has 0 aliphatic rings. The molecule has 3 aromatic carbocycles. The lowest BCUT2D eigenvalue weighted by molar-refractivity contribution is 0.664. The van der Waals surface area contributed by atoms with E-state index in [1.165, 1.54) is 53.5 Å². The fraction of sp³-hybridized carbons (Fsp3) is 0.143. The maximum absolute atomic E-state index is 11.6. The molecule has 0 aliphatic carbocycles. The Labute approximate surface area is 291 Å². The van der Waals surface area contributed by atoms with Gasteiger partial charge < -0.3 is 19.4 Å². The van der Waals surface area contributed by atoms with Crippen LogP contribution in [0.5, 0.6) is 0 Å². The number of aromatic nitrogens is 6. The minimum Gasteiger partial charge on any atom is -0.325 e. The van der Waals surface area contributed by atoms with Gasteiger partial charge in [-0.25, -0.2) is 4.98 Å². The van der Waals surface area contributed by atoms with Crippen LogP contribution in [0.2, 0.25) is 5.02 Å². The van der Waals surface area contributed by atoms with Crippen LogP contribution >= 0.6 is 35.1 Å². The largest absolute Gasteiger partial charge is 0.325 e. The predicted molar refractivity (Wildman–Crippen MR) is 196 cm³/mol. The zero-order valence-corrected chi connectivity index (χ0v) is 28.9. The molecule has 0 amide bonds. The highest BCUT2D eigenvalue weighted by atomic mass is 35.5. The number of anilines is 2. The van der Waals surface area contributed by atoms with Crippen molar-refractivity contribution >= 4 is 46.8 Å². The Morgan fingerprint density at radius 3 is 1.92 bits per heavy atom. The molecule has 0 saturated carbocycles. The van der Waals surface area contributed by atoms with Gasteiger partial charge in [-0.1, -0.05) is 102 Å². The Morgan fingerprint density at radius 1 is 0.729 bits per heavy atom. The molecule has 246 valence electrons. The first-order chi connectivity index (χ1) is 23.2. The molecule has 6 aromatic rings. The number of nitrogens with one attached hydrogen (secondary N) is 2. The number of thioether (sulfide) groups is 2. The molecule has 0 unspecified atom stereocenters. The lowest BCUT2D eigenvalue weighted by Gasteiger charge is -2.15. The summed E-state index contributed by atoms with van der Waals surface area (Å²) in [5, 5.41) is 5.28. The maximum Gasteiger partial charge on any atom is 0.274 e. The highest BCUT2D eigenvalue weighted by molar-refractivity contribution is 7.98. The second-order valence-electron chi connectivity index (χ2n) is 10.0. The summed E-state index contributed by atoms with van der Waals surface area (Å²) in [5.41, 5.74) is 3.50. The van der Waals surface area contributed by atoms with Crippen molar-refractivity contribution in [3.63, 3.8) is 0 Å². The van der Waals surface area contributed by atoms with Crippen molar-refractivity contribution in [3.8, 4) is 0 Å². The van der Waals surface area contributed by atoms with E-state index in [0.29, 0.717) is 22.7 Å². The van der Waals surface area contributed by atoms with Gasteiger partial charge in [0.15, 0.2) is 10.3 Å². The maximum atomic E-state index is 11.6. The quantitative estimate of drug-likeness (QED) is 0.135. The Kier molecular flexibility index (Phi) is 13.8. The monoisotopic (exact) mass is 699 g/mol. The van der Waals surface area contributed by atoms with E-state index in [-0.39, 0.29) is 16.7 Å². The Balaban J connectivity index is 0.000000180. The van der Waals surface area contributed by atoms with Crippen LogP contribution in [0.1, 0.15) is 16.7 Å². The number of H-pyrrole nitrogens is 1. The Morgan fingerprint density at radius 2 is 1.33 bits per heavy atom. The minimum absolute atomic E-state index is 0.102. The summed E-state index contributed by atoms with van der Waals surface area (Å²) < 4.78 is 3.87. The SMILES string of the molecule is CSc1nc(=O)ccn1Cc1ccccc1.CSc1nccc(=O)[nH]1.Cc1c(Cl)cccc1Nc1nc(=O)ccn1Cc1ccccc1. The van der Waals surface area contributed by atoms with Gasteiger partial charge in [-0.05, 0) is 48.3 Å². The highest BCUT2D eigenvalue weighted by Crippen LogP contribution is 2.25. The van der Waals surface area contributed by atoms with Gasteiger partial charge in [0.2, 0.25) is 5.95 Å². The predicted octanol–water partition coefficient (Wildman–Crippen LogP) is 6.50. The summed E-state index contributed by atoms with van der Waals surface area (Å²) >= 11 is 9.05. The van der Waals surface area contributed by atoms with E-state index in [2.05, 4.69) is 37.4 Å². The smallest absolute Gasteiger partial charge is 0.274 e. The molecular formula is C35H34ClN7O3S2. The number of hydrogen-bond acceptors (Lipinski definition) is 9. The van der Waals surface area contributed by atoms with Gasteiger partial charge in [0.05, 0.1) is 6.54 Å². The number of benzene rings is 3. The summed E-state index contributed by atoms with van der Waals surface area (Å²) in [6.07, 6.45) is 8.80. The molecule has 0 spiro atoms. The summed E-state index contributed by atoms with van der Waals surface area (Å²) in [7, 11) is 0. The number of halogens is 1. The first-order valence-electron chi connectivity index (χ1n) is 14.6. The van der Waals surface area contributed by atoms with Crippen LogP contribution in [0.15, 0.2) is 140 Å². The van der Waals surface area contributed by atoms with Crippen LogP contribution in [-0.4, -0.2) is 41.6 Å². The van der Waals surface area contributed by atoms with E-state index in [9.17, 15) is 14.4 Å². The first kappa shape index (κ1) is 35.9. The molecule has 0 aliphatic heterocycles. The normalized spacial score (nSPS) is 10.2. The van der Waals surface area contributed by atoms with Gasteiger partial charge in [-0.3, -0.25) is 14.4 Å². The Hall–Kier alpha value is -4.91. The van der Waals surface area contributed by atoms with Crippen molar-refractivity contribution in [2.45, 2.75) is 30.3 Å². The van der Waals surface area contributed by atoms with Crippen molar-refractivity contribution in [2.24, 2.45) is 0 Å². The molecule has 0 bridgehead atoms. The number of rotatable bonds is 8. The zero-order chi connectivity index (χ0) is 34.3. The number of aromatic amines is 1. The third kappa shape index (κ3) is 11.1. The number of hydrogen-bond donors (Lipinski definition) is 2. The van der Waals surface area contributed by atoms with Crippen LogP contribution in [0.25, 0.3) is 0 Å². The summed E-state index contributed by atoms with van der Waals surface area (Å²) in [5.74, 6) is 0.492. The fourth-order valence-corrected chi connectivity index (χ4v) is 5.32. The van der Waals surface area contributed by atoms with Crippen molar-refractivity contribution < 1.29 is 0 Å². The van der Waals surface area contributed by atoms with E-state index in [1.807, 2.05) is 95.3 Å². The third-order valence-corrected chi connectivity index (χ3v) is 8.36. The average molecular weight is 700 g/mol. The Bertz CT molecular complexity index is 2090. The lowest BCUT2D eigenvalue weighted by Crippen LogP contribution is -2.16. The van der Waals surface area contributed by atoms with E-state index >= 15 is 0 Å². The second-order valence-corrected chi connectivity index (χ2v) is 12.0. The standard InChI is InChI=1S/C18H16ClN3O.C12H12N2OS.C5H6N2OS/c1-13-15(19)8-5-9-16(13)20-18-21-17(23)10-11-22(18)12-14-6-3-2-4-7-14;1-16-12-13-11(15)7-8-14(12)9-10-5-3-2-4-6-10;1-9-5-6-3-2-4(8)7-5/h2-11H,12H2,1H3,(H,20,21,23);2-8H,9H2,1H3;2-3H,1H3,(H,6,7,8). The molecule has 2 N–H and O–H groups in total. The van der Waals surface area contributed by atoms with Gasteiger partial charge in [0, 0.05) is 54.0 Å².